The van der Waals surface area contributed by atoms with Crippen LogP contribution in [0.2, 0.25) is 1.41 Å². The van der Waals surface area contributed by atoms with E-state index in [1.807, 2.05) is 12.1 Å². The molecule has 124 valence electrons. The smallest absolute Gasteiger partial charge is 0.251 e. The summed E-state index contributed by atoms with van der Waals surface area (Å²) in [6.45, 7) is 6.30. The minimum Gasteiger partial charge on any atom is -0.376 e. The molecule has 3 aliphatic rings. The molecule has 1 spiro atoms. The molecular weight excluding hydrogens is 290 g/mol. The Kier molecular flexibility index (Phi) is 3.58. The molecule has 23 heavy (non-hydrogen) atoms. The molecule has 5 heteroatoms. The minimum atomic E-state index is -0.198. The normalized spacial score (nSPS) is 29.9. The molecule has 5 nitrogen and oxygen atoms in total. The zero-order valence-electron chi connectivity index (χ0n) is 14.6. The summed E-state index contributed by atoms with van der Waals surface area (Å²) in [5.74, 6) is -0.198. The van der Waals surface area contributed by atoms with Gasteiger partial charge in [0, 0.05) is 30.1 Å². The molecular formula is C18H25N3O2. The van der Waals surface area contributed by atoms with Gasteiger partial charge in [-0.2, -0.15) is 0 Å². The van der Waals surface area contributed by atoms with Crippen LogP contribution in [0.1, 0.15) is 41.3 Å². The molecule has 2 fully saturated rings. The number of hydrogen-bond donors (Lipinski definition) is 3. The Morgan fingerprint density at radius 1 is 1.43 bits per heavy atom. The highest BCUT2D eigenvalue weighted by atomic mass is 16.5. The van der Waals surface area contributed by atoms with Crippen molar-refractivity contribution in [1.29, 1.82) is 0 Å². The van der Waals surface area contributed by atoms with Crippen LogP contribution in [0, 0.1) is 5.41 Å². The van der Waals surface area contributed by atoms with Gasteiger partial charge in [0.25, 0.3) is 5.91 Å². The van der Waals surface area contributed by atoms with Crippen molar-refractivity contribution >= 4 is 5.91 Å². The molecule has 0 saturated carbocycles. The second-order valence-electron chi connectivity index (χ2n) is 7.10. The van der Waals surface area contributed by atoms with Crippen LogP contribution in [0.3, 0.4) is 0 Å². The van der Waals surface area contributed by atoms with E-state index >= 15 is 0 Å². The molecule has 4 rings (SSSR count). The lowest BCUT2D eigenvalue weighted by Crippen LogP contribution is -2.51. The number of piperidine rings is 1. The van der Waals surface area contributed by atoms with E-state index in [-0.39, 0.29) is 17.4 Å². The number of amides is 1. The lowest BCUT2D eigenvalue weighted by molar-refractivity contribution is 0.0950. The summed E-state index contributed by atoms with van der Waals surface area (Å²) < 4.78 is 13.6. The van der Waals surface area contributed by atoms with E-state index in [0.717, 1.165) is 50.0 Å². The Hall–Kier alpha value is -1.43. The van der Waals surface area contributed by atoms with E-state index in [0.29, 0.717) is 18.2 Å². The number of fused-ring (bicyclic) bond motifs is 1. The van der Waals surface area contributed by atoms with Crippen molar-refractivity contribution in [2.45, 2.75) is 45.0 Å². The van der Waals surface area contributed by atoms with E-state index in [1.54, 1.807) is 0 Å². The molecule has 0 bridgehead atoms. The molecule has 1 amide bonds. The van der Waals surface area contributed by atoms with E-state index in [4.69, 9.17) is 6.15 Å². The lowest BCUT2D eigenvalue weighted by atomic mass is 9.73. The third-order valence-electron chi connectivity index (χ3n) is 5.68. The number of benzene rings is 1. The summed E-state index contributed by atoms with van der Waals surface area (Å²) in [4.78, 5) is 11.8. The highest BCUT2D eigenvalue weighted by molar-refractivity contribution is 5.98. The van der Waals surface area contributed by atoms with Gasteiger partial charge in [0.05, 0.1) is 12.7 Å². The first-order chi connectivity index (χ1) is 11.6. The Bertz CT molecular complexity index is 640. The van der Waals surface area contributed by atoms with Crippen LogP contribution in [0.15, 0.2) is 18.2 Å². The van der Waals surface area contributed by atoms with E-state index < -0.39 is 0 Å². The van der Waals surface area contributed by atoms with Crippen molar-refractivity contribution in [3.63, 3.8) is 0 Å². The zero-order valence-corrected chi connectivity index (χ0v) is 13.6. The summed E-state index contributed by atoms with van der Waals surface area (Å²) in [5, 5.41) is 8.19. The molecule has 3 N–H and O–H groups in total. The molecule has 0 aliphatic carbocycles. The number of ether oxygens (including phenoxy) is 1. The molecule has 1 aromatic rings. The first-order valence-corrected chi connectivity index (χ1v) is 8.57. The SMILES string of the molecule is [2H]N1Cc2cc(CNC3C(C)OCC34CCNCC4)ccc2C1=O. The highest BCUT2D eigenvalue weighted by Gasteiger charge is 2.47. The molecule has 2 saturated heterocycles. The first kappa shape index (κ1) is 14.0. The summed E-state index contributed by atoms with van der Waals surface area (Å²) in [5.41, 5.74) is 3.04. The van der Waals surface area contributed by atoms with Crippen molar-refractivity contribution in [3.8, 4) is 0 Å². The van der Waals surface area contributed by atoms with Gasteiger partial charge in [0.1, 0.15) is 0 Å². The second kappa shape index (κ2) is 5.89. The van der Waals surface area contributed by atoms with Gasteiger partial charge in [-0.3, -0.25) is 4.79 Å². The van der Waals surface area contributed by atoms with Gasteiger partial charge in [-0.25, -0.2) is 0 Å². The number of carbonyl (C=O) groups is 1. The van der Waals surface area contributed by atoms with Crippen LogP contribution in [0.25, 0.3) is 0 Å². The van der Waals surface area contributed by atoms with Gasteiger partial charge in [-0.1, -0.05) is 12.1 Å². The summed E-state index contributed by atoms with van der Waals surface area (Å²) >= 11 is 0. The summed E-state index contributed by atoms with van der Waals surface area (Å²) in [6.07, 6.45) is 2.53. The van der Waals surface area contributed by atoms with Gasteiger partial charge < -0.3 is 20.7 Å². The number of carbonyl (C=O) groups excluding carboxylic acids is 1. The van der Waals surface area contributed by atoms with Crippen LogP contribution in [-0.2, 0) is 17.8 Å². The van der Waals surface area contributed by atoms with E-state index in [2.05, 4.69) is 23.6 Å². The van der Waals surface area contributed by atoms with Crippen molar-refractivity contribution in [2.75, 3.05) is 19.7 Å². The van der Waals surface area contributed by atoms with Crippen LogP contribution in [0.5, 0.6) is 0 Å². The zero-order chi connectivity index (χ0) is 16.7. The fourth-order valence-electron chi connectivity index (χ4n) is 4.31. The molecule has 0 aromatic heterocycles. The fourth-order valence-corrected chi connectivity index (χ4v) is 4.31. The molecule has 2 atom stereocenters. The van der Waals surface area contributed by atoms with Crippen LogP contribution in [-0.4, -0.2) is 37.7 Å². The number of hydrogen-bond acceptors (Lipinski definition) is 4. The van der Waals surface area contributed by atoms with E-state index in [9.17, 15) is 4.79 Å². The van der Waals surface area contributed by atoms with Crippen molar-refractivity contribution in [3.05, 3.63) is 34.9 Å². The number of nitrogens with one attached hydrogen (secondary N) is 3. The molecule has 3 heterocycles. The standard InChI is InChI=1S/C18H25N3O2/c1-12-16(18(11-23-12)4-6-19-7-5-18)20-9-13-2-3-15-14(8-13)10-21-17(15)22/h2-3,8,12,16,19-20H,4-7,9-11H2,1H3,(H,21,22)/i/hD. The minimum absolute atomic E-state index is 0.198. The van der Waals surface area contributed by atoms with Gasteiger partial charge >= 0.3 is 0 Å². The Morgan fingerprint density at radius 3 is 3.09 bits per heavy atom. The van der Waals surface area contributed by atoms with Gasteiger partial charge in [0.15, 0.2) is 1.41 Å². The largest absolute Gasteiger partial charge is 0.376 e. The van der Waals surface area contributed by atoms with Gasteiger partial charge in [-0.15, -0.1) is 0 Å². The number of rotatable bonds is 3. The molecule has 3 aliphatic heterocycles. The topological polar surface area (TPSA) is 62.4 Å². The maximum Gasteiger partial charge on any atom is 0.251 e. The van der Waals surface area contributed by atoms with Gasteiger partial charge in [0.2, 0.25) is 0 Å². The van der Waals surface area contributed by atoms with Crippen molar-refractivity contribution in [2.24, 2.45) is 5.41 Å². The highest BCUT2D eigenvalue weighted by Crippen LogP contribution is 2.40. The summed E-state index contributed by atoms with van der Waals surface area (Å²) in [6, 6.07) is 6.28. The van der Waals surface area contributed by atoms with Gasteiger partial charge in [-0.05, 0) is 50.0 Å². The average Bonchev–Trinajstić information content (AvgIpc) is 3.04. The third-order valence-corrected chi connectivity index (χ3v) is 5.68. The van der Waals surface area contributed by atoms with Crippen molar-refractivity contribution in [1.82, 2.24) is 15.9 Å². The first-order valence-electron chi connectivity index (χ1n) is 9.02. The van der Waals surface area contributed by atoms with Crippen LogP contribution in [0.4, 0.5) is 0 Å². The third kappa shape index (κ3) is 2.67. The van der Waals surface area contributed by atoms with E-state index in [1.165, 1.54) is 5.56 Å². The Balaban J connectivity index is 1.46. The predicted octanol–water partition coefficient (Wildman–Crippen LogP) is 1.18. The molecule has 1 aromatic carbocycles. The predicted molar refractivity (Wildman–Crippen MR) is 88.2 cm³/mol. The Labute approximate surface area is 138 Å². The second-order valence-corrected chi connectivity index (χ2v) is 7.10. The molecule has 2 unspecified atom stereocenters. The average molecular weight is 316 g/mol. The van der Waals surface area contributed by atoms with Crippen LogP contribution >= 0.6 is 0 Å². The fraction of sp³-hybridized carbons (Fsp3) is 0.611. The summed E-state index contributed by atoms with van der Waals surface area (Å²) in [7, 11) is 0. The maximum atomic E-state index is 11.8. The monoisotopic (exact) mass is 316 g/mol. The lowest BCUT2D eigenvalue weighted by Gasteiger charge is -2.39. The quantitative estimate of drug-likeness (QED) is 0.783. The van der Waals surface area contributed by atoms with Crippen LogP contribution < -0.4 is 15.9 Å². The van der Waals surface area contributed by atoms with Crippen molar-refractivity contribution < 1.29 is 10.9 Å². The maximum absolute atomic E-state index is 11.8. The Morgan fingerprint density at radius 2 is 2.26 bits per heavy atom. The molecule has 0 radical (unpaired) electrons.